The monoisotopic (exact) mass is 296 g/mol. The van der Waals surface area contributed by atoms with Crippen molar-refractivity contribution in [2.24, 2.45) is 0 Å². The first-order valence-electron chi connectivity index (χ1n) is 2.25. The molecule has 0 aliphatic heterocycles. The van der Waals surface area contributed by atoms with E-state index >= 15 is 0 Å². The molecule has 0 saturated carbocycles. The Morgan fingerprint density at radius 1 is 1.56 bits per heavy atom. The first-order valence-corrected chi connectivity index (χ1v) is 2.25. The SMILES string of the molecule is Cc1cncc(=O)[n-]1.[Re]. The summed E-state index contributed by atoms with van der Waals surface area (Å²) in [6.07, 6.45) is 2.73. The fourth-order valence-electron chi connectivity index (χ4n) is 0.440. The summed E-state index contributed by atoms with van der Waals surface area (Å²) < 4.78 is 0. The van der Waals surface area contributed by atoms with Crippen molar-refractivity contribution in [3.8, 4) is 0 Å². The van der Waals surface area contributed by atoms with Gasteiger partial charge in [0.05, 0.1) is 11.8 Å². The van der Waals surface area contributed by atoms with Gasteiger partial charge in [0, 0.05) is 26.6 Å². The maximum Gasteiger partial charge on any atom is 0.0963 e. The maximum atomic E-state index is 10.3. The van der Waals surface area contributed by atoms with Crippen LogP contribution in [-0.4, -0.2) is 4.98 Å². The van der Waals surface area contributed by atoms with Crippen LogP contribution in [-0.2, 0) is 20.4 Å². The second-order valence-electron chi connectivity index (χ2n) is 1.50. The zero-order valence-corrected chi connectivity index (χ0v) is 7.55. The Morgan fingerprint density at radius 2 is 2.22 bits per heavy atom. The maximum absolute atomic E-state index is 10.3. The molecule has 0 amide bonds. The van der Waals surface area contributed by atoms with Gasteiger partial charge in [0.2, 0.25) is 0 Å². The van der Waals surface area contributed by atoms with E-state index in [1.807, 2.05) is 0 Å². The van der Waals surface area contributed by atoms with Crippen molar-refractivity contribution in [1.29, 1.82) is 0 Å². The van der Waals surface area contributed by atoms with Crippen molar-refractivity contribution in [2.45, 2.75) is 6.92 Å². The van der Waals surface area contributed by atoms with Crippen LogP contribution in [0.3, 0.4) is 0 Å². The molecular formula is C5H5N2ORe-. The van der Waals surface area contributed by atoms with Crippen LogP contribution in [0.25, 0.3) is 0 Å². The van der Waals surface area contributed by atoms with Gasteiger partial charge in [-0.15, -0.1) is 5.69 Å². The van der Waals surface area contributed by atoms with Gasteiger partial charge in [-0.25, -0.2) is 0 Å². The summed E-state index contributed by atoms with van der Waals surface area (Å²) in [7, 11) is 0. The normalized spacial score (nSPS) is 8.11. The minimum Gasteiger partial charge on any atom is -0.624 e. The Bertz CT molecular complexity index is 232. The summed E-state index contributed by atoms with van der Waals surface area (Å²) in [5.41, 5.74) is 0.391. The molecule has 1 aromatic heterocycles. The van der Waals surface area contributed by atoms with Crippen LogP contribution in [0.1, 0.15) is 5.69 Å². The fourth-order valence-corrected chi connectivity index (χ4v) is 0.440. The van der Waals surface area contributed by atoms with Gasteiger partial charge in [0.15, 0.2) is 0 Å². The summed E-state index contributed by atoms with van der Waals surface area (Å²) in [5, 5.41) is 0. The second-order valence-corrected chi connectivity index (χ2v) is 1.50. The fraction of sp³-hybridized carbons (Fsp3) is 0.200. The largest absolute Gasteiger partial charge is 0.624 e. The third-order valence-electron chi connectivity index (χ3n) is 0.733. The quantitative estimate of drug-likeness (QED) is 0.660. The summed E-state index contributed by atoms with van der Waals surface area (Å²) >= 11 is 0. The number of hydrogen-bond acceptors (Lipinski definition) is 2. The van der Waals surface area contributed by atoms with Gasteiger partial charge in [0.1, 0.15) is 0 Å². The molecule has 0 aliphatic rings. The molecule has 49 valence electrons. The van der Waals surface area contributed by atoms with Crippen molar-refractivity contribution >= 4 is 0 Å². The van der Waals surface area contributed by atoms with Gasteiger partial charge < -0.3 is 9.78 Å². The van der Waals surface area contributed by atoms with Crippen molar-refractivity contribution in [1.82, 2.24) is 9.97 Å². The molecule has 3 nitrogen and oxygen atoms in total. The van der Waals surface area contributed by atoms with Gasteiger partial charge in [-0.05, 0) is 0 Å². The molecule has 0 unspecified atom stereocenters. The van der Waals surface area contributed by atoms with Crippen LogP contribution in [0.2, 0.25) is 0 Å². The minimum atomic E-state index is -0.273. The summed E-state index contributed by atoms with van der Waals surface area (Å²) in [6, 6.07) is 0. The molecule has 0 aliphatic carbocycles. The molecule has 1 heterocycles. The molecule has 0 aromatic carbocycles. The van der Waals surface area contributed by atoms with Crippen molar-refractivity contribution in [2.75, 3.05) is 0 Å². The number of aromatic nitrogens is 2. The van der Waals surface area contributed by atoms with Crippen LogP contribution < -0.4 is 10.5 Å². The van der Waals surface area contributed by atoms with E-state index in [1.54, 1.807) is 13.1 Å². The summed E-state index contributed by atoms with van der Waals surface area (Å²) in [6.45, 7) is 1.73. The number of nitrogens with zero attached hydrogens (tertiary/aromatic N) is 2. The van der Waals surface area contributed by atoms with E-state index < -0.39 is 0 Å². The van der Waals surface area contributed by atoms with E-state index in [2.05, 4.69) is 9.97 Å². The van der Waals surface area contributed by atoms with Crippen LogP contribution in [0.4, 0.5) is 0 Å². The van der Waals surface area contributed by atoms with Crippen LogP contribution in [0.15, 0.2) is 17.2 Å². The molecule has 9 heavy (non-hydrogen) atoms. The molecule has 1 aromatic rings. The van der Waals surface area contributed by atoms with E-state index in [1.165, 1.54) is 6.20 Å². The van der Waals surface area contributed by atoms with Gasteiger partial charge in [0.25, 0.3) is 0 Å². The molecule has 0 fully saturated rings. The molecule has 1 rings (SSSR count). The van der Waals surface area contributed by atoms with E-state index in [9.17, 15) is 4.79 Å². The van der Waals surface area contributed by atoms with Crippen LogP contribution in [0.5, 0.6) is 0 Å². The first kappa shape index (κ1) is 8.54. The van der Waals surface area contributed by atoms with E-state index in [-0.39, 0.29) is 26.0 Å². The van der Waals surface area contributed by atoms with Crippen LogP contribution >= 0.6 is 0 Å². The number of aryl methyl sites for hydroxylation is 1. The van der Waals surface area contributed by atoms with Crippen molar-refractivity contribution < 1.29 is 20.4 Å². The van der Waals surface area contributed by atoms with Crippen molar-refractivity contribution in [3.05, 3.63) is 28.4 Å². The average Bonchev–Trinajstić information content (AvgIpc) is 1.64. The Kier molecular flexibility index (Phi) is 3.37. The third-order valence-corrected chi connectivity index (χ3v) is 0.733. The van der Waals surface area contributed by atoms with Crippen molar-refractivity contribution in [3.63, 3.8) is 0 Å². The molecule has 0 spiro atoms. The summed E-state index contributed by atoms with van der Waals surface area (Å²) in [4.78, 5) is 17.5. The topological polar surface area (TPSA) is 44.1 Å². The Balaban J connectivity index is 0.000000640. The zero-order valence-electron chi connectivity index (χ0n) is 4.84. The summed E-state index contributed by atoms with van der Waals surface area (Å²) in [5.74, 6) is 0. The first-order chi connectivity index (χ1) is 3.79. The Hall–Kier alpha value is -0.458. The molecular weight excluding hydrogens is 290 g/mol. The van der Waals surface area contributed by atoms with E-state index in [4.69, 9.17) is 0 Å². The molecule has 1 radical (unpaired) electrons. The van der Waals surface area contributed by atoms with Crippen LogP contribution in [0, 0.1) is 6.92 Å². The van der Waals surface area contributed by atoms with E-state index in [0.717, 1.165) is 0 Å². The second kappa shape index (κ2) is 3.55. The molecule has 0 N–H and O–H groups in total. The van der Waals surface area contributed by atoms with E-state index in [0.29, 0.717) is 5.69 Å². The predicted octanol–water partition coefficient (Wildman–Crippen LogP) is -0.295. The third kappa shape index (κ3) is 2.54. The molecule has 4 heteroatoms. The molecule has 0 bridgehead atoms. The number of hydrogen-bond donors (Lipinski definition) is 0. The van der Waals surface area contributed by atoms with Gasteiger partial charge in [-0.2, -0.15) is 0 Å². The van der Waals surface area contributed by atoms with Gasteiger partial charge in [-0.1, -0.05) is 6.92 Å². The average molecular weight is 295 g/mol. The van der Waals surface area contributed by atoms with Gasteiger partial charge >= 0.3 is 0 Å². The molecule has 0 saturated heterocycles. The zero-order chi connectivity index (χ0) is 5.98. The minimum absolute atomic E-state index is 0. The van der Waals surface area contributed by atoms with Gasteiger partial charge in [-0.3, -0.25) is 4.98 Å². The Labute approximate surface area is 66.2 Å². The number of rotatable bonds is 0. The smallest absolute Gasteiger partial charge is 0.0963 e. The predicted molar refractivity (Wildman–Crippen MR) is 28.6 cm³/mol. The standard InChI is InChI=1S/C5H6N2O.Re/c1-4-2-6-3-5(8)7-4;/h2-3H,1H3,(H,7,8);/p-1. The Morgan fingerprint density at radius 3 is 2.56 bits per heavy atom. The molecule has 0 atom stereocenters.